The minimum absolute atomic E-state index is 0.681. The van der Waals surface area contributed by atoms with Crippen molar-refractivity contribution < 1.29 is 33.5 Å². The fourth-order valence-corrected chi connectivity index (χ4v) is 1.90. The molecule has 0 aliphatic carbocycles. The molecule has 1 aliphatic heterocycles. The molecular formula is C10H23ClNO4+. The average Bonchev–Trinajstić information content (AvgIpc) is 1.98. The van der Waals surface area contributed by atoms with Gasteiger partial charge >= 0.3 is 28.9 Å². The summed E-state index contributed by atoms with van der Waals surface area (Å²) in [7, 11) is -4.19. The Morgan fingerprint density at radius 1 is 1.31 bits per heavy atom. The molecule has 0 spiro atoms. The van der Waals surface area contributed by atoms with Gasteiger partial charge in [0.15, 0.2) is 0 Å². The van der Waals surface area contributed by atoms with Gasteiger partial charge in [0, 0.05) is 11.8 Å². The zero-order valence-electron chi connectivity index (χ0n) is 10.3. The molecule has 0 saturated heterocycles. The van der Waals surface area contributed by atoms with Gasteiger partial charge in [-0.3, -0.25) is 0 Å². The molecule has 98 valence electrons. The van der Waals surface area contributed by atoms with Crippen molar-refractivity contribution in [2.45, 2.75) is 40.2 Å². The Kier molecular flexibility index (Phi) is 6.43. The van der Waals surface area contributed by atoms with Gasteiger partial charge < -0.3 is 0 Å². The number of rotatable bonds is 1. The van der Waals surface area contributed by atoms with Crippen molar-refractivity contribution in [1.29, 1.82) is 0 Å². The number of hydrogen-bond acceptors (Lipinski definition) is 4. The molecule has 0 fully saturated rings. The van der Waals surface area contributed by atoms with Gasteiger partial charge in [-0.25, -0.2) is 4.58 Å². The summed E-state index contributed by atoms with van der Waals surface area (Å²) in [6, 6.07) is 0.681. The van der Waals surface area contributed by atoms with Gasteiger partial charge in [0.05, 0.1) is 0 Å². The Labute approximate surface area is 98.8 Å². The van der Waals surface area contributed by atoms with E-state index in [0.717, 1.165) is 11.8 Å². The van der Waals surface area contributed by atoms with Gasteiger partial charge in [-0.1, -0.05) is 13.8 Å². The summed E-state index contributed by atoms with van der Waals surface area (Å²) in [5.41, 5.74) is 0. The van der Waals surface area contributed by atoms with E-state index in [2.05, 4.69) is 38.5 Å². The van der Waals surface area contributed by atoms with Crippen LogP contribution < -0.4 is 4.66 Å². The van der Waals surface area contributed by atoms with Crippen LogP contribution in [0.4, 0.5) is 0 Å². The van der Waals surface area contributed by atoms with E-state index in [9.17, 15) is 0 Å². The first kappa shape index (κ1) is 15.8. The molecule has 0 aromatic rings. The predicted octanol–water partition coefficient (Wildman–Crippen LogP) is -0.706. The van der Waals surface area contributed by atoms with E-state index >= 15 is 0 Å². The third-order valence-electron chi connectivity index (χ3n) is 2.41. The Morgan fingerprint density at radius 2 is 1.75 bits per heavy atom. The van der Waals surface area contributed by atoms with Gasteiger partial charge in [0.25, 0.3) is 0 Å². The Bertz CT molecular complexity index is 231. The molecule has 0 aromatic carbocycles. The Morgan fingerprint density at radius 3 is 2.06 bits per heavy atom. The third-order valence-corrected chi connectivity index (χ3v) is 2.41. The molecule has 0 radical (unpaired) electrons. The molecule has 2 atom stereocenters. The van der Waals surface area contributed by atoms with Crippen molar-refractivity contribution in [3.05, 3.63) is 0 Å². The topological polar surface area (TPSA) is 86.8 Å². The maximum atomic E-state index is 8.83. The fourth-order valence-electron chi connectivity index (χ4n) is 1.90. The summed E-state index contributed by atoms with van der Waals surface area (Å²) in [5.74, 6) is 1.65. The van der Waals surface area contributed by atoms with Gasteiger partial charge in [-0.2, -0.15) is 0 Å². The van der Waals surface area contributed by atoms with Crippen LogP contribution in [0.15, 0.2) is 0 Å². The standard InChI is InChI=1S/C10H20N.ClH3O4/c1-8(2)11-6-9(3)5-10(4)7-11;2-1(3,4)5/h6,8-10H,5,7H2,1-4H3;2-4H/q+1;. The average molecular weight is 257 g/mol. The first-order chi connectivity index (χ1) is 7.09. The molecule has 1 aliphatic rings. The predicted molar refractivity (Wildman–Crippen MR) is 55.9 cm³/mol. The number of hydrogen-bond donors (Lipinski definition) is 3. The molecular weight excluding hydrogens is 234 g/mol. The quantitative estimate of drug-likeness (QED) is 0.541. The van der Waals surface area contributed by atoms with Crippen LogP contribution in [0.25, 0.3) is 0 Å². The number of nitrogens with zero attached hydrogens (tertiary/aromatic N) is 1. The molecule has 0 aromatic heterocycles. The van der Waals surface area contributed by atoms with Crippen LogP contribution in [-0.2, 0) is 0 Å². The molecule has 0 saturated carbocycles. The van der Waals surface area contributed by atoms with E-state index in [4.69, 9.17) is 18.6 Å². The second-order valence-electron chi connectivity index (χ2n) is 4.69. The molecule has 0 amide bonds. The van der Waals surface area contributed by atoms with E-state index in [-0.39, 0.29) is 0 Å². The summed E-state index contributed by atoms with van der Waals surface area (Å²) in [5, 5.41) is 0. The molecule has 0 bridgehead atoms. The van der Waals surface area contributed by atoms with Gasteiger partial charge in [-0.05, 0) is 20.3 Å². The normalized spacial score (nSPS) is 26.9. The molecule has 6 heteroatoms. The molecule has 1 rings (SSSR count). The fraction of sp³-hybridized carbons (Fsp3) is 0.900. The Hall–Kier alpha value is -0.200. The van der Waals surface area contributed by atoms with Gasteiger partial charge in [0.1, 0.15) is 18.8 Å². The van der Waals surface area contributed by atoms with Crippen LogP contribution in [0.5, 0.6) is 0 Å². The van der Waals surface area contributed by atoms with E-state index < -0.39 is 10.2 Å². The maximum absolute atomic E-state index is 8.83. The zero-order chi connectivity index (χ0) is 12.9. The van der Waals surface area contributed by atoms with Crippen molar-refractivity contribution in [3.8, 4) is 0 Å². The van der Waals surface area contributed by atoms with Crippen molar-refractivity contribution in [2.24, 2.45) is 11.8 Å². The molecule has 1 heterocycles. The van der Waals surface area contributed by atoms with E-state index in [1.807, 2.05) is 0 Å². The summed E-state index contributed by atoms with van der Waals surface area (Å²) >= 11 is 0. The summed E-state index contributed by atoms with van der Waals surface area (Å²) in [6.07, 6.45) is 3.76. The summed E-state index contributed by atoms with van der Waals surface area (Å²) in [6.45, 7) is 10.4. The van der Waals surface area contributed by atoms with Crippen LogP contribution in [0.3, 0.4) is 0 Å². The van der Waals surface area contributed by atoms with E-state index in [1.54, 1.807) is 0 Å². The summed E-state index contributed by atoms with van der Waals surface area (Å²) < 4.78 is 32.7. The monoisotopic (exact) mass is 256 g/mol. The van der Waals surface area contributed by atoms with E-state index in [1.165, 1.54) is 13.0 Å². The van der Waals surface area contributed by atoms with E-state index in [0.29, 0.717) is 6.04 Å². The van der Waals surface area contributed by atoms with Crippen molar-refractivity contribution >= 4 is 6.21 Å². The van der Waals surface area contributed by atoms with Crippen LogP contribution >= 0.6 is 0 Å². The Balaban J connectivity index is 0.000000385. The second kappa shape index (κ2) is 6.51. The second-order valence-corrected chi connectivity index (χ2v) is 5.56. The molecule has 5 nitrogen and oxygen atoms in total. The zero-order valence-corrected chi connectivity index (χ0v) is 11.1. The van der Waals surface area contributed by atoms with Crippen molar-refractivity contribution in [1.82, 2.24) is 0 Å². The van der Waals surface area contributed by atoms with Crippen molar-refractivity contribution in [3.63, 3.8) is 0 Å². The van der Waals surface area contributed by atoms with Crippen molar-refractivity contribution in [2.75, 3.05) is 6.54 Å². The first-order valence-corrected chi connectivity index (χ1v) is 6.68. The summed E-state index contributed by atoms with van der Waals surface area (Å²) in [4.78, 5) is 0. The first-order valence-electron chi connectivity index (χ1n) is 5.36. The third kappa shape index (κ3) is 9.06. The van der Waals surface area contributed by atoms with Crippen LogP contribution in [0.1, 0.15) is 34.1 Å². The SMILES string of the molecule is CC1C=[N+](C(C)C)CC(C)C1.[O-][Cl+](O)(O)O. The van der Waals surface area contributed by atoms with Crippen LogP contribution in [-0.4, -0.2) is 37.4 Å². The van der Waals surface area contributed by atoms with Gasteiger partial charge in [-0.15, -0.1) is 0 Å². The minimum atomic E-state index is -4.19. The molecule has 16 heavy (non-hydrogen) atoms. The van der Waals surface area contributed by atoms with Gasteiger partial charge in [0.2, 0.25) is 0 Å². The molecule has 2 unspecified atom stereocenters. The number of halogens is 1. The molecule has 3 N–H and O–H groups in total. The van der Waals surface area contributed by atoms with Crippen LogP contribution in [0.2, 0.25) is 0 Å². The van der Waals surface area contributed by atoms with Crippen LogP contribution in [0, 0.1) is 22.1 Å².